The van der Waals surface area contributed by atoms with Gasteiger partial charge in [0.15, 0.2) is 0 Å². The van der Waals surface area contributed by atoms with E-state index in [9.17, 15) is 4.79 Å². The molecular weight excluding hydrogens is 283 g/mol. The van der Waals surface area contributed by atoms with Crippen LogP contribution in [0.1, 0.15) is 31.2 Å². The Morgan fingerprint density at radius 1 is 1.21 bits per heavy atom. The van der Waals surface area contributed by atoms with Crippen molar-refractivity contribution < 1.29 is 4.79 Å². The van der Waals surface area contributed by atoms with Crippen molar-refractivity contribution in [2.75, 3.05) is 0 Å². The zero-order valence-corrected chi connectivity index (χ0v) is 12.2. The zero-order valence-electron chi connectivity index (χ0n) is 10.7. The Morgan fingerprint density at radius 2 is 1.79 bits per heavy atom. The first kappa shape index (κ1) is 14.6. The number of amides is 1. The zero-order chi connectivity index (χ0) is 13.8. The van der Waals surface area contributed by atoms with E-state index in [2.05, 4.69) is 5.32 Å². The highest BCUT2D eigenvalue weighted by Gasteiger charge is 2.24. The van der Waals surface area contributed by atoms with Crippen LogP contribution in [0.4, 0.5) is 0 Å². The lowest BCUT2D eigenvalue weighted by molar-refractivity contribution is -0.122. The number of benzene rings is 1. The number of nitrogens with one attached hydrogen (secondary N) is 1. The average molecular weight is 301 g/mol. The van der Waals surface area contributed by atoms with Crippen molar-refractivity contribution in [3.63, 3.8) is 0 Å². The smallest absolute Gasteiger partial charge is 0.220 e. The number of hydrogen-bond donors (Lipinski definition) is 2. The Hall–Kier alpha value is -0.770. The molecule has 1 aliphatic rings. The van der Waals surface area contributed by atoms with Gasteiger partial charge in [0, 0.05) is 34.1 Å². The van der Waals surface area contributed by atoms with Gasteiger partial charge in [-0.1, -0.05) is 29.3 Å². The second kappa shape index (κ2) is 6.60. The van der Waals surface area contributed by atoms with Crippen molar-refractivity contribution in [2.24, 2.45) is 11.7 Å². The van der Waals surface area contributed by atoms with Crippen LogP contribution in [0.15, 0.2) is 18.2 Å². The molecule has 1 aromatic carbocycles. The predicted molar refractivity (Wildman–Crippen MR) is 78.2 cm³/mol. The van der Waals surface area contributed by atoms with E-state index in [0.29, 0.717) is 22.6 Å². The van der Waals surface area contributed by atoms with Crippen molar-refractivity contribution in [2.45, 2.75) is 38.3 Å². The maximum atomic E-state index is 11.1. The molecule has 2 rings (SSSR count). The van der Waals surface area contributed by atoms with Crippen LogP contribution in [0, 0.1) is 5.92 Å². The summed E-state index contributed by atoms with van der Waals surface area (Å²) in [5, 5.41) is 4.83. The number of primary amides is 1. The predicted octanol–water partition coefficient (Wildman–Crippen LogP) is 3.13. The van der Waals surface area contributed by atoms with Crippen molar-refractivity contribution in [3.05, 3.63) is 33.8 Å². The van der Waals surface area contributed by atoms with Crippen LogP contribution >= 0.6 is 23.2 Å². The second-order valence-electron chi connectivity index (χ2n) is 5.03. The maximum Gasteiger partial charge on any atom is 0.220 e. The Kier molecular flexibility index (Phi) is 5.08. The number of carbonyl (C=O) groups is 1. The van der Waals surface area contributed by atoms with E-state index in [0.717, 1.165) is 31.2 Å². The highest BCUT2D eigenvalue weighted by molar-refractivity contribution is 6.35. The summed E-state index contributed by atoms with van der Waals surface area (Å²) in [5.41, 5.74) is 6.26. The minimum absolute atomic E-state index is 0.0435. The van der Waals surface area contributed by atoms with Crippen LogP contribution in [0.2, 0.25) is 10.0 Å². The molecule has 0 saturated heterocycles. The lowest BCUT2D eigenvalue weighted by atomic mass is 9.85. The van der Waals surface area contributed by atoms with Crippen LogP contribution in [0.5, 0.6) is 0 Å². The second-order valence-corrected chi connectivity index (χ2v) is 5.85. The van der Waals surface area contributed by atoms with E-state index in [-0.39, 0.29) is 11.8 Å². The first-order valence-electron chi connectivity index (χ1n) is 6.53. The van der Waals surface area contributed by atoms with E-state index < -0.39 is 0 Å². The molecule has 0 atom stereocenters. The van der Waals surface area contributed by atoms with Gasteiger partial charge >= 0.3 is 0 Å². The molecule has 0 aromatic heterocycles. The highest BCUT2D eigenvalue weighted by atomic mass is 35.5. The highest BCUT2D eigenvalue weighted by Crippen LogP contribution is 2.27. The normalized spacial score (nSPS) is 23.3. The Labute approximate surface area is 123 Å². The molecule has 0 unspecified atom stereocenters. The summed E-state index contributed by atoms with van der Waals surface area (Å²) in [4.78, 5) is 11.1. The van der Waals surface area contributed by atoms with Crippen LogP contribution < -0.4 is 11.1 Å². The Bertz CT molecular complexity index is 437. The quantitative estimate of drug-likeness (QED) is 0.897. The molecular formula is C14H18Cl2N2O. The van der Waals surface area contributed by atoms with Gasteiger partial charge in [-0.25, -0.2) is 0 Å². The molecule has 0 radical (unpaired) electrons. The molecule has 1 fully saturated rings. The number of carbonyl (C=O) groups excluding carboxylic acids is 1. The first-order valence-corrected chi connectivity index (χ1v) is 7.29. The summed E-state index contributed by atoms with van der Waals surface area (Å²) in [6, 6.07) is 5.93. The van der Waals surface area contributed by atoms with E-state index in [1.165, 1.54) is 0 Å². The SMILES string of the molecule is NC(=O)C1CCC(NCc2c(Cl)cccc2Cl)CC1. The van der Waals surface area contributed by atoms with E-state index in [1.807, 2.05) is 18.2 Å². The number of hydrogen-bond acceptors (Lipinski definition) is 2. The molecule has 104 valence electrons. The summed E-state index contributed by atoms with van der Waals surface area (Å²) in [5.74, 6) is -0.130. The van der Waals surface area contributed by atoms with Gasteiger partial charge in [-0.2, -0.15) is 0 Å². The van der Waals surface area contributed by atoms with Gasteiger partial charge in [0.1, 0.15) is 0 Å². The summed E-state index contributed by atoms with van der Waals surface area (Å²) in [7, 11) is 0. The van der Waals surface area contributed by atoms with Gasteiger partial charge < -0.3 is 11.1 Å². The first-order chi connectivity index (χ1) is 9.08. The van der Waals surface area contributed by atoms with Gasteiger partial charge in [-0.3, -0.25) is 4.79 Å². The van der Waals surface area contributed by atoms with Crippen LogP contribution in [0.3, 0.4) is 0 Å². The van der Waals surface area contributed by atoms with E-state index in [1.54, 1.807) is 0 Å². The van der Waals surface area contributed by atoms with Crippen LogP contribution in [-0.2, 0) is 11.3 Å². The average Bonchev–Trinajstić information content (AvgIpc) is 2.38. The number of halogens is 2. The lowest BCUT2D eigenvalue weighted by Crippen LogP contribution is -2.36. The van der Waals surface area contributed by atoms with E-state index >= 15 is 0 Å². The monoisotopic (exact) mass is 300 g/mol. The van der Waals surface area contributed by atoms with Gasteiger partial charge in [0.25, 0.3) is 0 Å². The Balaban J connectivity index is 1.86. The van der Waals surface area contributed by atoms with Crippen molar-refractivity contribution in [3.8, 4) is 0 Å². The van der Waals surface area contributed by atoms with Gasteiger partial charge in [0.05, 0.1) is 0 Å². The van der Waals surface area contributed by atoms with E-state index in [4.69, 9.17) is 28.9 Å². The molecule has 0 aliphatic heterocycles. The fourth-order valence-corrected chi connectivity index (χ4v) is 3.06. The molecule has 3 N–H and O–H groups in total. The molecule has 5 heteroatoms. The van der Waals surface area contributed by atoms with Gasteiger partial charge in [-0.15, -0.1) is 0 Å². The molecule has 1 amide bonds. The Morgan fingerprint density at radius 3 is 2.32 bits per heavy atom. The largest absolute Gasteiger partial charge is 0.369 e. The molecule has 1 aromatic rings. The summed E-state index contributed by atoms with van der Waals surface area (Å²) in [6.07, 6.45) is 3.66. The number of nitrogens with two attached hydrogens (primary N) is 1. The van der Waals surface area contributed by atoms with Crippen LogP contribution in [-0.4, -0.2) is 11.9 Å². The third-order valence-electron chi connectivity index (χ3n) is 3.76. The van der Waals surface area contributed by atoms with Crippen molar-refractivity contribution in [1.82, 2.24) is 5.32 Å². The maximum absolute atomic E-state index is 11.1. The molecule has 19 heavy (non-hydrogen) atoms. The number of rotatable bonds is 4. The molecule has 0 heterocycles. The summed E-state index contributed by atoms with van der Waals surface area (Å²) >= 11 is 12.3. The standard InChI is InChI=1S/C14H18Cl2N2O/c15-12-2-1-3-13(16)11(12)8-18-10-6-4-9(5-7-10)14(17)19/h1-3,9-10,18H,4-8H2,(H2,17,19). The summed E-state index contributed by atoms with van der Waals surface area (Å²) < 4.78 is 0. The summed E-state index contributed by atoms with van der Waals surface area (Å²) in [6.45, 7) is 0.657. The third-order valence-corrected chi connectivity index (χ3v) is 4.47. The topological polar surface area (TPSA) is 55.1 Å². The van der Waals surface area contributed by atoms with Crippen molar-refractivity contribution >= 4 is 29.1 Å². The van der Waals surface area contributed by atoms with Crippen LogP contribution in [0.25, 0.3) is 0 Å². The molecule has 3 nitrogen and oxygen atoms in total. The molecule has 1 saturated carbocycles. The third kappa shape index (κ3) is 3.85. The molecule has 0 spiro atoms. The fourth-order valence-electron chi connectivity index (χ4n) is 2.53. The fraction of sp³-hybridized carbons (Fsp3) is 0.500. The minimum Gasteiger partial charge on any atom is -0.369 e. The van der Waals surface area contributed by atoms with Crippen molar-refractivity contribution in [1.29, 1.82) is 0 Å². The molecule has 1 aliphatic carbocycles. The van der Waals surface area contributed by atoms with Gasteiger partial charge in [-0.05, 0) is 37.8 Å². The minimum atomic E-state index is -0.174. The lowest BCUT2D eigenvalue weighted by Gasteiger charge is -2.27. The van der Waals surface area contributed by atoms with Gasteiger partial charge in [0.2, 0.25) is 5.91 Å². The molecule has 0 bridgehead atoms.